The molecule has 0 saturated carbocycles. The fraction of sp³-hybridized carbons (Fsp3) is 0.235. The first kappa shape index (κ1) is 15.7. The Labute approximate surface area is 128 Å². The third kappa shape index (κ3) is 3.31. The summed E-state index contributed by atoms with van der Waals surface area (Å²) in [7, 11) is 0. The van der Waals surface area contributed by atoms with Gasteiger partial charge in [-0.05, 0) is 36.6 Å². The van der Waals surface area contributed by atoms with Crippen molar-refractivity contribution in [3.63, 3.8) is 0 Å². The van der Waals surface area contributed by atoms with E-state index >= 15 is 0 Å². The molecule has 0 spiro atoms. The molecule has 2 N–H and O–H groups in total. The van der Waals surface area contributed by atoms with Crippen LogP contribution >= 0.6 is 0 Å². The molecule has 0 aliphatic rings. The number of benzene rings is 2. The number of rotatable bonds is 4. The molecule has 0 saturated heterocycles. The highest BCUT2D eigenvalue weighted by atomic mass is 16.7. The number of phenols is 2. The Morgan fingerprint density at radius 1 is 0.955 bits per heavy atom. The number of carbonyl (C=O) groups is 1. The van der Waals surface area contributed by atoms with Crippen molar-refractivity contribution >= 4 is 6.16 Å². The molecule has 5 heteroatoms. The smallest absolute Gasteiger partial charge is 0.504 e. The van der Waals surface area contributed by atoms with Crippen LogP contribution in [0.2, 0.25) is 0 Å². The number of hydrogen-bond donors (Lipinski definition) is 2. The summed E-state index contributed by atoms with van der Waals surface area (Å²) in [5.41, 5.74) is 1.75. The van der Waals surface area contributed by atoms with Crippen molar-refractivity contribution in [3.8, 4) is 23.0 Å². The largest absolute Gasteiger partial charge is 0.519 e. The molecule has 0 radical (unpaired) electrons. The summed E-state index contributed by atoms with van der Waals surface area (Å²) in [6.07, 6.45) is 0.352. The Balaban J connectivity index is 2.23. The molecule has 0 amide bonds. The molecule has 0 unspecified atom stereocenters. The summed E-state index contributed by atoms with van der Waals surface area (Å²) < 4.78 is 10.1. The lowest BCUT2D eigenvalue weighted by Crippen LogP contribution is -2.15. The minimum absolute atomic E-state index is 0.00307. The molecule has 5 nitrogen and oxygen atoms in total. The van der Waals surface area contributed by atoms with Gasteiger partial charge in [-0.15, -0.1) is 0 Å². The molecule has 0 bridgehead atoms. The van der Waals surface area contributed by atoms with Gasteiger partial charge in [-0.25, -0.2) is 4.79 Å². The van der Waals surface area contributed by atoms with E-state index in [4.69, 9.17) is 9.47 Å². The second-order valence-corrected chi connectivity index (χ2v) is 4.68. The molecule has 2 aromatic rings. The van der Waals surface area contributed by atoms with Crippen LogP contribution in [0.5, 0.6) is 23.0 Å². The third-order valence-electron chi connectivity index (χ3n) is 3.32. The van der Waals surface area contributed by atoms with E-state index in [9.17, 15) is 15.0 Å². The van der Waals surface area contributed by atoms with E-state index in [1.54, 1.807) is 18.2 Å². The van der Waals surface area contributed by atoms with Gasteiger partial charge in [0.1, 0.15) is 0 Å². The first-order chi connectivity index (χ1) is 10.6. The van der Waals surface area contributed by atoms with E-state index in [-0.39, 0.29) is 23.0 Å². The SMILES string of the molecule is CCc1ccc(O)c(OC(=O)Oc2ccccc2O)c1CC. The second-order valence-electron chi connectivity index (χ2n) is 4.68. The van der Waals surface area contributed by atoms with E-state index in [0.29, 0.717) is 6.42 Å². The zero-order chi connectivity index (χ0) is 16.1. The van der Waals surface area contributed by atoms with Gasteiger partial charge in [0.2, 0.25) is 0 Å². The second kappa shape index (κ2) is 6.85. The summed E-state index contributed by atoms with van der Waals surface area (Å²) in [5.74, 6) is -0.191. The van der Waals surface area contributed by atoms with E-state index in [1.807, 2.05) is 13.8 Å². The average Bonchev–Trinajstić information content (AvgIpc) is 2.51. The molecule has 0 aliphatic heterocycles. The summed E-state index contributed by atoms with van der Waals surface area (Å²) >= 11 is 0. The van der Waals surface area contributed by atoms with Gasteiger partial charge in [0, 0.05) is 5.56 Å². The van der Waals surface area contributed by atoms with Gasteiger partial charge in [-0.2, -0.15) is 0 Å². The maximum Gasteiger partial charge on any atom is 0.519 e. The number of hydrogen-bond acceptors (Lipinski definition) is 5. The van der Waals surface area contributed by atoms with Crippen molar-refractivity contribution in [3.05, 3.63) is 47.5 Å². The zero-order valence-electron chi connectivity index (χ0n) is 12.5. The quantitative estimate of drug-likeness (QED) is 0.663. The minimum atomic E-state index is -1.01. The average molecular weight is 302 g/mol. The standard InChI is InChI=1S/C17H18O5/c1-3-11-9-10-14(19)16(12(11)4-2)22-17(20)21-15-8-6-5-7-13(15)18/h5-10,18-19H,3-4H2,1-2H3. The van der Waals surface area contributed by atoms with Crippen LogP contribution in [0.25, 0.3) is 0 Å². The van der Waals surface area contributed by atoms with Crippen LogP contribution in [0.3, 0.4) is 0 Å². The van der Waals surface area contributed by atoms with Crippen molar-refractivity contribution in [2.24, 2.45) is 0 Å². The number of carbonyl (C=O) groups excluding carboxylic acids is 1. The summed E-state index contributed by atoms with van der Waals surface area (Å²) in [6, 6.07) is 9.36. The van der Waals surface area contributed by atoms with E-state index < -0.39 is 6.16 Å². The van der Waals surface area contributed by atoms with Crippen LogP contribution in [0.15, 0.2) is 36.4 Å². The van der Waals surface area contributed by atoms with Gasteiger partial charge in [0.25, 0.3) is 0 Å². The molecule has 0 fully saturated rings. The van der Waals surface area contributed by atoms with E-state index in [0.717, 1.165) is 17.5 Å². The van der Waals surface area contributed by atoms with Crippen LogP contribution in [0.4, 0.5) is 4.79 Å². The summed E-state index contributed by atoms with van der Waals surface area (Å²) in [4.78, 5) is 11.9. The molecule has 2 aromatic carbocycles. The van der Waals surface area contributed by atoms with Gasteiger partial charge in [-0.3, -0.25) is 0 Å². The molecule has 0 aliphatic carbocycles. The Bertz CT molecular complexity index is 679. The number of phenolic OH excluding ortho intramolecular Hbond substituents is 2. The molecule has 0 aromatic heterocycles. The van der Waals surface area contributed by atoms with Gasteiger partial charge < -0.3 is 19.7 Å². The molecule has 116 valence electrons. The van der Waals surface area contributed by atoms with E-state index in [1.165, 1.54) is 18.2 Å². The summed E-state index contributed by atoms with van der Waals surface area (Å²) in [5, 5.41) is 19.5. The van der Waals surface area contributed by atoms with Crippen molar-refractivity contribution in [1.82, 2.24) is 0 Å². The first-order valence-corrected chi connectivity index (χ1v) is 7.08. The maximum atomic E-state index is 11.9. The lowest BCUT2D eigenvalue weighted by atomic mass is 10.0. The number of ether oxygens (including phenoxy) is 2. The molecular weight excluding hydrogens is 284 g/mol. The number of aryl methyl sites for hydroxylation is 1. The van der Waals surface area contributed by atoms with Crippen LogP contribution in [0.1, 0.15) is 25.0 Å². The fourth-order valence-corrected chi connectivity index (χ4v) is 2.23. The highest BCUT2D eigenvalue weighted by Gasteiger charge is 2.18. The number of aromatic hydroxyl groups is 2. The molecule has 0 heterocycles. The Morgan fingerprint density at radius 3 is 2.32 bits per heavy atom. The topological polar surface area (TPSA) is 76.0 Å². The van der Waals surface area contributed by atoms with Gasteiger partial charge in [-0.1, -0.05) is 32.0 Å². The van der Waals surface area contributed by atoms with Gasteiger partial charge >= 0.3 is 6.16 Å². The zero-order valence-corrected chi connectivity index (χ0v) is 12.5. The van der Waals surface area contributed by atoms with E-state index in [2.05, 4.69) is 0 Å². The fourth-order valence-electron chi connectivity index (χ4n) is 2.23. The van der Waals surface area contributed by atoms with Crippen LogP contribution < -0.4 is 9.47 Å². The van der Waals surface area contributed by atoms with Crippen LogP contribution in [0, 0.1) is 0 Å². The Morgan fingerprint density at radius 2 is 1.68 bits per heavy atom. The monoisotopic (exact) mass is 302 g/mol. The Kier molecular flexibility index (Phi) is 4.88. The lowest BCUT2D eigenvalue weighted by molar-refractivity contribution is 0.148. The third-order valence-corrected chi connectivity index (χ3v) is 3.32. The first-order valence-electron chi connectivity index (χ1n) is 7.08. The molecule has 2 rings (SSSR count). The lowest BCUT2D eigenvalue weighted by Gasteiger charge is -2.14. The minimum Gasteiger partial charge on any atom is -0.504 e. The van der Waals surface area contributed by atoms with Crippen molar-refractivity contribution in [2.75, 3.05) is 0 Å². The molecular formula is C17H18O5. The maximum absolute atomic E-state index is 11.9. The van der Waals surface area contributed by atoms with Crippen LogP contribution in [-0.4, -0.2) is 16.4 Å². The predicted molar refractivity (Wildman–Crippen MR) is 81.6 cm³/mol. The summed E-state index contributed by atoms with van der Waals surface area (Å²) in [6.45, 7) is 3.89. The Hall–Kier alpha value is -2.69. The van der Waals surface area contributed by atoms with Gasteiger partial charge in [0.15, 0.2) is 23.0 Å². The van der Waals surface area contributed by atoms with Gasteiger partial charge in [0.05, 0.1) is 0 Å². The van der Waals surface area contributed by atoms with Crippen molar-refractivity contribution in [2.45, 2.75) is 26.7 Å². The number of para-hydroxylation sites is 2. The van der Waals surface area contributed by atoms with Crippen LogP contribution in [-0.2, 0) is 12.8 Å². The highest BCUT2D eigenvalue weighted by molar-refractivity contribution is 5.70. The normalized spacial score (nSPS) is 10.3. The predicted octanol–water partition coefficient (Wildman–Crippen LogP) is 3.80. The van der Waals surface area contributed by atoms with Crippen molar-refractivity contribution in [1.29, 1.82) is 0 Å². The highest BCUT2D eigenvalue weighted by Crippen LogP contribution is 2.34. The molecule has 0 atom stereocenters. The molecule has 22 heavy (non-hydrogen) atoms. The van der Waals surface area contributed by atoms with Crippen molar-refractivity contribution < 1.29 is 24.5 Å².